The molecular formula is C12H12ClFN4. The average Bonchev–Trinajstić information content (AvgIpc) is 2.41. The summed E-state index contributed by atoms with van der Waals surface area (Å²) in [5.41, 5.74) is 4.22. The van der Waals surface area contributed by atoms with E-state index in [1.807, 2.05) is 0 Å². The van der Waals surface area contributed by atoms with E-state index in [-0.39, 0.29) is 11.1 Å². The van der Waals surface area contributed by atoms with Gasteiger partial charge in [-0.15, -0.1) is 0 Å². The van der Waals surface area contributed by atoms with Gasteiger partial charge in [0.25, 0.3) is 0 Å². The van der Waals surface area contributed by atoms with Crippen LogP contribution in [0, 0.1) is 5.82 Å². The lowest BCUT2D eigenvalue weighted by Crippen LogP contribution is -2.29. The molecule has 94 valence electrons. The third kappa shape index (κ3) is 2.81. The number of nitrogens with one attached hydrogen (secondary N) is 1. The molecule has 2 aromatic rings. The molecule has 0 aliphatic carbocycles. The monoisotopic (exact) mass is 266 g/mol. The lowest BCUT2D eigenvalue weighted by molar-refractivity contribution is 0.545. The summed E-state index contributed by atoms with van der Waals surface area (Å²) in [7, 11) is 0. The minimum Gasteiger partial charge on any atom is -0.271 e. The molecule has 0 saturated carbocycles. The second-order valence-electron chi connectivity index (χ2n) is 3.81. The molecule has 1 heterocycles. The molecular weight excluding hydrogens is 255 g/mol. The van der Waals surface area contributed by atoms with Gasteiger partial charge in [0.1, 0.15) is 5.82 Å². The topological polar surface area (TPSA) is 63.8 Å². The number of hydrazine groups is 1. The molecule has 0 bridgehead atoms. The van der Waals surface area contributed by atoms with Crippen molar-refractivity contribution in [3.8, 4) is 0 Å². The Labute approximate surface area is 109 Å². The summed E-state index contributed by atoms with van der Waals surface area (Å²) < 4.78 is 13.3. The number of benzene rings is 1. The van der Waals surface area contributed by atoms with Crippen LogP contribution in [0.1, 0.15) is 17.2 Å². The third-order valence-corrected chi connectivity index (χ3v) is 3.09. The van der Waals surface area contributed by atoms with E-state index in [1.54, 1.807) is 30.6 Å². The number of aromatic nitrogens is 2. The molecule has 2 rings (SSSR count). The Morgan fingerprint density at radius 1 is 1.33 bits per heavy atom. The first kappa shape index (κ1) is 12.9. The van der Waals surface area contributed by atoms with Crippen LogP contribution in [-0.2, 0) is 6.42 Å². The molecule has 0 aliphatic rings. The number of hydrogen-bond acceptors (Lipinski definition) is 4. The zero-order valence-corrected chi connectivity index (χ0v) is 10.2. The van der Waals surface area contributed by atoms with Gasteiger partial charge in [-0.25, -0.2) is 4.39 Å². The molecule has 6 heteroatoms. The van der Waals surface area contributed by atoms with Crippen LogP contribution in [0.25, 0.3) is 0 Å². The summed E-state index contributed by atoms with van der Waals surface area (Å²) in [4.78, 5) is 0. The molecule has 0 aliphatic heterocycles. The summed E-state index contributed by atoms with van der Waals surface area (Å²) in [5, 5.41) is 7.60. The highest BCUT2D eigenvalue weighted by Gasteiger charge is 2.14. The van der Waals surface area contributed by atoms with Gasteiger partial charge in [0, 0.05) is 6.20 Å². The first-order valence-corrected chi connectivity index (χ1v) is 5.75. The molecule has 0 saturated heterocycles. The lowest BCUT2D eigenvalue weighted by atomic mass is 10.0. The Kier molecular flexibility index (Phi) is 4.19. The summed E-state index contributed by atoms with van der Waals surface area (Å²) in [6, 6.07) is 6.31. The molecule has 0 spiro atoms. The van der Waals surface area contributed by atoms with Crippen molar-refractivity contribution in [2.75, 3.05) is 0 Å². The predicted molar refractivity (Wildman–Crippen MR) is 67.2 cm³/mol. The van der Waals surface area contributed by atoms with Crippen LogP contribution in [0.5, 0.6) is 0 Å². The van der Waals surface area contributed by atoms with E-state index in [4.69, 9.17) is 17.4 Å². The maximum atomic E-state index is 13.3. The zero-order chi connectivity index (χ0) is 13.0. The number of halogens is 2. The van der Waals surface area contributed by atoms with Crippen LogP contribution < -0.4 is 11.3 Å². The van der Waals surface area contributed by atoms with Crippen LogP contribution >= 0.6 is 11.6 Å². The number of nitrogens with two attached hydrogens (primary N) is 1. The van der Waals surface area contributed by atoms with Crippen molar-refractivity contribution in [3.05, 3.63) is 58.6 Å². The van der Waals surface area contributed by atoms with Gasteiger partial charge in [-0.05, 0) is 29.7 Å². The first-order valence-electron chi connectivity index (χ1n) is 5.38. The fourth-order valence-corrected chi connectivity index (χ4v) is 1.91. The van der Waals surface area contributed by atoms with E-state index in [9.17, 15) is 4.39 Å². The maximum Gasteiger partial charge on any atom is 0.142 e. The lowest BCUT2D eigenvalue weighted by Gasteiger charge is -2.16. The number of hydrogen-bond donors (Lipinski definition) is 2. The molecule has 1 atom stereocenters. The van der Waals surface area contributed by atoms with E-state index in [2.05, 4.69) is 15.6 Å². The molecule has 18 heavy (non-hydrogen) atoms. The Balaban J connectivity index is 2.24. The third-order valence-electron chi connectivity index (χ3n) is 2.67. The number of rotatable bonds is 4. The van der Waals surface area contributed by atoms with E-state index >= 15 is 0 Å². The van der Waals surface area contributed by atoms with E-state index in [0.29, 0.717) is 12.0 Å². The fraction of sp³-hybridized carbons (Fsp3) is 0.167. The zero-order valence-electron chi connectivity index (χ0n) is 9.48. The van der Waals surface area contributed by atoms with Crippen molar-refractivity contribution in [3.63, 3.8) is 0 Å². The molecule has 4 nitrogen and oxygen atoms in total. The Bertz CT molecular complexity index is 521. The van der Waals surface area contributed by atoms with Gasteiger partial charge in [0.2, 0.25) is 0 Å². The minimum absolute atomic E-state index is 0.125. The van der Waals surface area contributed by atoms with Gasteiger partial charge >= 0.3 is 0 Å². The van der Waals surface area contributed by atoms with Crippen molar-refractivity contribution >= 4 is 11.6 Å². The second-order valence-corrected chi connectivity index (χ2v) is 4.19. The fourth-order valence-electron chi connectivity index (χ4n) is 1.71. The predicted octanol–water partition coefficient (Wildman–Crippen LogP) is 2.02. The maximum absolute atomic E-state index is 13.3. The van der Waals surface area contributed by atoms with E-state index < -0.39 is 5.82 Å². The highest BCUT2D eigenvalue weighted by atomic mass is 35.5. The van der Waals surface area contributed by atoms with Crippen molar-refractivity contribution in [2.24, 2.45) is 5.84 Å². The Hall–Kier alpha value is -1.56. The van der Waals surface area contributed by atoms with Gasteiger partial charge in [-0.1, -0.05) is 23.7 Å². The van der Waals surface area contributed by atoms with Crippen LogP contribution in [-0.4, -0.2) is 10.2 Å². The van der Waals surface area contributed by atoms with Crippen molar-refractivity contribution in [2.45, 2.75) is 12.5 Å². The Morgan fingerprint density at radius 3 is 2.83 bits per heavy atom. The molecule has 0 fully saturated rings. The molecule has 0 amide bonds. The Morgan fingerprint density at radius 2 is 2.17 bits per heavy atom. The van der Waals surface area contributed by atoms with Gasteiger partial charge in [-0.2, -0.15) is 10.2 Å². The summed E-state index contributed by atoms with van der Waals surface area (Å²) in [5.74, 6) is 5.07. The summed E-state index contributed by atoms with van der Waals surface area (Å²) in [6.45, 7) is 0. The molecule has 1 aromatic carbocycles. The summed E-state index contributed by atoms with van der Waals surface area (Å²) >= 11 is 5.91. The highest BCUT2D eigenvalue weighted by molar-refractivity contribution is 6.31. The summed E-state index contributed by atoms with van der Waals surface area (Å²) in [6.07, 6.45) is 3.66. The average molecular weight is 267 g/mol. The normalized spacial score (nSPS) is 12.4. The van der Waals surface area contributed by atoms with Crippen LogP contribution in [0.15, 0.2) is 36.7 Å². The minimum atomic E-state index is -0.433. The highest BCUT2D eigenvalue weighted by Crippen LogP contribution is 2.24. The molecule has 3 N–H and O–H groups in total. The van der Waals surface area contributed by atoms with Gasteiger partial charge in [0.05, 0.1) is 17.3 Å². The molecule has 1 unspecified atom stereocenters. The van der Waals surface area contributed by atoms with Gasteiger partial charge in [-0.3, -0.25) is 11.3 Å². The SMILES string of the molecule is NNC(Cc1cccc(F)c1Cl)c1ccnnc1. The van der Waals surface area contributed by atoms with Crippen molar-refractivity contribution < 1.29 is 4.39 Å². The smallest absolute Gasteiger partial charge is 0.142 e. The van der Waals surface area contributed by atoms with Gasteiger partial charge < -0.3 is 0 Å². The van der Waals surface area contributed by atoms with Crippen molar-refractivity contribution in [1.29, 1.82) is 0 Å². The second kappa shape index (κ2) is 5.86. The standard InChI is InChI=1S/C12H12ClFN4/c13-12-8(2-1-3-10(12)14)6-11(18-15)9-4-5-16-17-7-9/h1-5,7,11,18H,6,15H2. The quantitative estimate of drug-likeness (QED) is 0.656. The van der Waals surface area contributed by atoms with E-state index in [0.717, 1.165) is 5.56 Å². The first-order chi connectivity index (χ1) is 8.72. The number of nitrogens with zero attached hydrogens (tertiary/aromatic N) is 2. The van der Waals surface area contributed by atoms with Crippen LogP contribution in [0.3, 0.4) is 0 Å². The van der Waals surface area contributed by atoms with Crippen LogP contribution in [0.2, 0.25) is 5.02 Å². The van der Waals surface area contributed by atoms with Crippen LogP contribution in [0.4, 0.5) is 4.39 Å². The van der Waals surface area contributed by atoms with Gasteiger partial charge in [0.15, 0.2) is 0 Å². The van der Waals surface area contributed by atoms with Crippen molar-refractivity contribution in [1.82, 2.24) is 15.6 Å². The largest absolute Gasteiger partial charge is 0.271 e. The van der Waals surface area contributed by atoms with E-state index in [1.165, 1.54) is 6.07 Å². The molecule has 1 aromatic heterocycles. The molecule has 0 radical (unpaired) electrons.